The number of rotatable bonds is 2. The summed E-state index contributed by atoms with van der Waals surface area (Å²) >= 11 is 0. The minimum atomic E-state index is -0.178. The molecule has 1 amide bonds. The lowest BCUT2D eigenvalue weighted by Gasteiger charge is -2.17. The third-order valence-corrected chi connectivity index (χ3v) is 4.08. The topological polar surface area (TPSA) is 57.6 Å². The van der Waals surface area contributed by atoms with Gasteiger partial charge in [-0.1, -0.05) is 26.0 Å². The lowest BCUT2D eigenvalue weighted by atomic mass is 10.0. The van der Waals surface area contributed by atoms with Gasteiger partial charge >= 0.3 is 0 Å². The van der Waals surface area contributed by atoms with E-state index >= 15 is 0 Å². The minimum absolute atomic E-state index is 0.178. The molecule has 2 bridgehead atoms. The Kier molecular flexibility index (Phi) is 6.29. The largest absolute Gasteiger partial charge is 0.374 e. The van der Waals surface area contributed by atoms with Crippen molar-refractivity contribution in [3.05, 3.63) is 47.4 Å². The number of hydrogen-bond acceptors (Lipinski definition) is 4. The van der Waals surface area contributed by atoms with Crippen LogP contribution in [0, 0.1) is 5.92 Å². The normalized spacial score (nSPS) is 19.2. The Bertz CT molecular complexity index is 658. The SMILES string of the molecule is CC.CNC(=O)c1ccc(C2=CC3C=C(C=N2)N(C)CCC3)cn1. The minimum Gasteiger partial charge on any atom is -0.374 e. The summed E-state index contributed by atoms with van der Waals surface area (Å²) in [5.41, 5.74) is 3.44. The maximum Gasteiger partial charge on any atom is 0.269 e. The fraction of sp³-hybridized carbons (Fsp3) is 0.421. The zero-order valence-electron chi connectivity index (χ0n) is 14.9. The van der Waals surface area contributed by atoms with Crippen molar-refractivity contribution >= 4 is 17.8 Å². The Labute approximate surface area is 144 Å². The zero-order valence-corrected chi connectivity index (χ0v) is 14.9. The van der Waals surface area contributed by atoms with E-state index < -0.39 is 0 Å². The molecule has 1 atom stereocenters. The molecule has 0 spiro atoms. The third-order valence-electron chi connectivity index (χ3n) is 4.08. The summed E-state index contributed by atoms with van der Waals surface area (Å²) < 4.78 is 0. The molecule has 128 valence electrons. The number of carbonyl (C=O) groups excluding carboxylic acids is 1. The van der Waals surface area contributed by atoms with Gasteiger partial charge in [0.25, 0.3) is 5.91 Å². The molecular weight excluding hydrogens is 300 g/mol. The van der Waals surface area contributed by atoms with Gasteiger partial charge in [-0.25, -0.2) is 0 Å². The Balaban J connectivity index is 0.00000100. The molecule has 24 heavy (non-hydrogen) atoms. The second-order valence-electron chi connectivity index (χ2n) is 5.64. The second kappa shape index (κ2) is 8.43. The molecule has 1 aromatic rings. The molecule has 1 unspecified atom stereocenters. The second-order valence-corrected chi connectivity index (χ2v) is 5.64. The molecule has 1 aromatic heterocycles. The number of aliphatic imine (C=N–C) groups is 1. The van der Waals surface area contributed by atoms with Crippen LogP contribution in [0.15, 0.2) is 41.2 Å². The number of amides is 1. The molecule has 0 saturated carbocycles. The highest BCUT2D eigenvalue weighted by Crippen LogP contribution is 2.27. The Hall–Kier alpha value is -2.43. The van der Waals surface area contributed by atoms with Gasteiger partial charge in [0.05, 0.1) is 17.6 Å². The predicted molar refractivity (Wildman–Crippen MR) is 98.9 cm³/mol. The lowest BCUT2D eigenvalue weighted by Crippen LogP contribution is -2.19. The molecule has 3 heterocycles. The first-order chi connectivity index (χ1) is 11.7. The summed E-state index contributed by atoms with van der Waals surface area (Å²) in [5.74, 6) is 0.221. The number of allylic oxidation sites excluding steroid dienone is 3. The number of nitrogens with one attached hydrogen (secondary N) is 1. The highest BCUT2D eigenvalue weighted by Gasteiger charge is 2.17. The highest BCUT2D eigenvalue weighted by molar-refractivity contribution is 5.92. The summed E-state index contributed by atoms with van der Waals surface area (Å²) in [4.78, 5) is 22.6. The van der Waals surface area contributed by atoms with Crippen LogP contribution in [0.25, 0.3) is 5.70 Å². The Morgan fingerprint density at radius 1 is 1.29 bits per heavy atom. The number of hydrogen-bond donors (Lipinski definition) is 1. The van der Waals surface area contributed by atoms with E-state index in [-0.39, 0.29) is 5.91 Å². The predicted octanol–water partition coefficient (Wildman–Crippen LogP) is 3.12. The first kappa shape index (κ1) is 17.9. The summed E-state index contributed by atoms with van der Waals surface area (Å²) in [6, 6.07) is 3.63. The molecule has 5 heteroatoms. The molecule has 1 N–H and O–H groups in total. The maximum absolute atomic E-state index is 11.5. The quantitative estimate of drug-likeness (QED) is 0.908. The van der Waals surface area contributed by atoms with Crippen molar-refractivity contribution in [1.82, 2.24) is 15.2 Å². The third kappa shape index (κ3) is 4.10. The van der Waals surface area contributed by atoms with E-state index in [2.05, 4.69) is 39.4 Å². The van der Waals surface area contributed by atoms with Crippen LogP contribution in [0.5, 0.6) is 0 Å². The van der Waals surface area contributed by atoms with Crippen molar-refractivity contribution in [1.29, 1.82) is 0 Å². The molecule has 3 rings (SSSR count). The summed E-state index contributed by atoms with van der Waals surface area (Å²) in [6.07, 6.45) is 10.4. The van der Waals surface area contributed by atoms with Crippen molar-refractivity contribution in [2.24, 2.45) is 10.9 Å². The van der Waals surface area contributed by atoms with Gasteiger partial charge in [-0.2, -0.15) is 0 Å². The molecule has 0 saturated heterocycles. The first-order valence-electron chi connectivity index (χ1n) is 8.55. The van der Waals surface area contributed by atoms with Crippen LogP contribution in [-0.4, -0.2) is 42.6 Å². The van der Waals surface area contributed by atoms with Gasteiger partial charge in [-0.05, 0) is 30.9 Å². The van der Waals surface area contributed by atoms with Crippen molar-refractivity contribution in [2.75, 3.05) is 20.6 Å². The van der Waals surface area contributed by atoms with E-state index in [0.29, 0.717) is 11.6 Å². The van der Waals surface area contributed by atoms with Gasteiger partial charge in [-0.15, -0.1) is 0 Å². The van der Waals surface area contributed by atoms with E-state index in [4.69, 9.17) is 0 Å². The highest BCUT2D eigenvalue weighted by atomic mass is 16.1. The number of pyridine rings is 1. The monoisotopic (exact) mass is 326 g/mol. The summed E-state index contributed by atoms with van der Waals surface area (Å²) in [5, 5.41) is 2.57. The Morgan fingerprint density at radius 3 is 2.75 bits per heavy atom. The number of aromatic nitrogens is 1. The van der Waals surface area contributed by atoms with Crippen molar-refractivity contribution in [2.45, 2.75) is 26.7 Å². The van der Waals surface area contributed by atoms with Gasteiger partial charge in [0.15, 0.2) is 0 Å². The van der Waals surface area contributed by atoms with Crippen LogP contribution < -0.4 is 5.32 Å². The van der Waals surface area contributed by atoms with Gasteiger partial charge in [-0.3, -0.25) is 14.8 Å². The lowest BCUT2D eigenvalue weighted by molar-refractivity contribution is 0.0958. The molecular formula is C19H26N4O. The van der Waals surface area contributed by atoms with Crippen LogP contribution >= 0.6 is 0 Å². The molecule has 2 aliphatic rings. The van der Waals surface area contributed by atoms with Crippen LogP contribution in [-0.2, 0) is 0 Å². The first-order valence-corrected chi connectivity index (χ1v) is 8.55. The molecule has 5 nitrogen and oxygen atoms in total. The smallest absolute Gasteiger partial charge is 0.269 e. The Morgan fingerprint density at radius 2 is 2.08 bits per heavy atom. The average Bonchev–Trinajstić information content (AvgIpc) is 2.95. The fourth-order valence-corrected chi connectivity index (χ4v) is 2.76. The van der Waals surface area contributed by atoms with Crippen LogP contribution in [0.4, 0.5) is 0 Å². The van der Waals surface area contributed by atoms with Gasteiger partial charge in [0, 0.05) is 32.4 Å². The van der Waals surface area contributed by atoms with Crippen molar-refractivity contribution in [3.63, 3.8) is 0 Å². The zero-order chi connectivity index (χ0) is 17.5. The van der Waals surface area contributed by atoms with Crippen LogP contribution in [0.2, 0.25) is 0 Å². The van der Waals surface area contributed by atoms with Gasteiger partial charge in [0.2, 0.25) is 0 Å². The van der Waals surface area contributed by atoms with Crippen LogP contribution in [0.1, 0.15) is 42.7 Å². The molecule has 0 fully saturated rings. The van der Waals surface area contributed by atoms with E-state index in [1.165, 1.54) is 12.1 Å². The molecule has 0 aliphatic carbocycles. The molecule has 0 radical (unpaired) electrons. The maximum atomic E-state index is 11.5. The van der Waals surface area contributed by atoms with Crippen molar-refractivity contribution in [3.8, 4) is 0 Å². The number of carbonyl (C=O) groups is 1. The van der Waals surface area contributed by atoms with E-state index in [0.717, 1.165) is 24.2 Å². The van der Waals surface area contributed by atoms with Crippen molar-refractivity contribution < 1.29 is 4.79 Å². The standard InChI is InChI=1S/C17H20N4O.C2H6/c1-18-17(22)15-6-5-13(10-19-15)16-9-12-4-3-7-21(2)14(8-12)11-20-16;1-2/h5-6,8-12H,3-4,7H2,1-2H3,(H,18,22);1-2H3. The number of nitrogens with zero attached hydrogens (tertiary/aromatic N) is 3. The fourth-order valence-electron chi connectivity index (χ4n) is 2.76. The van der Waals surface area contributed by atoms with E-state index in [1.807, 2.05) is 26.1 Å². The van der Waals surface area contributed by atoms with Gasteiger partial charge < -0.3 is 10.2 Å². The van der Waals surface area contributed by atoms with Crippen LogP contribution in [0.3, 0.4) is 0 Å². The van der Waals surface area contributed by atoms with E-state index in [9.17, 15) is 4.79 Å². The molecule has 2 aliphatic heterocycles. The summed E-state index contributed by atoms with van der Waals surface area (Å²) in [7, 11) is 3.70. The van der Waals surface area contributed by atoms with Gasteiger partial charge in [0.1, 0.15) is 5.69 Å². The van der Waals surface area contributed by atoms with E-state index in [1.54, 1.807) is 19.3 Å². The average molecular weight is 326 g/mol. The molecule has 0 aromatic carbocycles. The summed E-state index contributed by atoms with van der Waals surface area (Å²) in [6.45, 7) is 5.07. The number of fused-ring (bicyclic) bond motifs is 1.